The van der Waals surface area contributed by atoms with Gasteiger partial charge in [-0.3, -0.25) is 0 Å². The highest BCUT2D eigenvalue weighted by Gasteiger charge is 2.17. The Labute approximate surface area is 76.8 Å². The number of thioether (sulfide) groups is 1. The fourth-order valence-electron chi connectivity index (χ4n) is 0.776. The van der Waals surface area contributed by atoms with Crippen molar-refractivity contribution in [3.63, 3.8) is 0 Å². The molecule has 0 radical (unpaired) electrons. The molecule has 0 aliphatic rings. The van der Waals surface area contributed by atoms with Gasteiger partial charge >= 0.3 is 0 Å². The summed E-state index contributed by atoms with van der Waals surface area (Å²) >= 11 is 1.64. The van der Waals surface area contributed by atoms with E-state index in [-0.39, 0.29) is 11.4 Å². The molecule has 12 heavy (non-hydrogen) atoms. The second-order valence-electron chi connectivity index (χ2n) is 2.04. The fraction of sp³-hybridized carbons (Fsp3) is 0.500. The standard InChI is InChI=1S/C8H13NO2S/c1-4-7(11-9-10)8(5-2)12-6-3/h4-5,7-8H,1-2,6H2,3H3. The van der Waals surface area contributed by atoms with Gasteiger partial charge in [-0.05, 0) is 11.8 Å². The third-order valence-electron chi connectivity index (χ3n) is 1.31. The maximum absolute atomic E-state index is 9.84. The average molecular weight is 187 g/mol. The minimum atomic E-state index is -0.370. The Hall–Kier alpha value is -0.770. The highest BCUT2D eigenvalue weighted by Crippen LogP contribution is 2.18. The van der Waals surface area contributed by atoms with Crippen LogP contribution in [0.25, 0.3) is 0 Å². The third kappa shape index (κ3) is 3.57. The highest BCUT2D eigenvalue weighted by molar-refractivity contribution is 8.00. The van der Waals surface area contributed by atoms with Gasteiger partial charge in [0.2, 0.25) is 0 Å². The smallest absolute Gasteiger partial charge is 0.164 e. The van der Waals surface area contributed by atoms with Gasteiger partial charge in [0, 0.05) is 0 Å². The molecule has 3 nitrogen and oxygen atoms in total. The van der Waals surface area contributed by atoms with Crippen molar-refractivity contribution >= 4 is 11.8 Å². The first-order valence-electron chi connectivity index (χ1n) is 3.65. The van der Waals surface area contributed by atoms with Gasteiger partial charge in [0.05, 0.1) is 5.25 Å². The van der Waals surface area contributed by atoms with Gasteiger partial charge in [-0.1, -0.05) is 19.6 Å². The van der Waals surface area contributed by atoms with E-state index < -0.39 is 0 Å². The van der Waals surface area contributed by atoms with Gasteiger partial charge in [0.15, 0.2) is 11.4 Å². The van der Waals surface area contributed by atoms with E-state index in [9.17, 15) is 4.91 Å². The maximum atomic E-state index is 9.84. The molecule has 0 aromatic carbocycles. The highest BCUT2D eigenvalue weighted by atomic mass is 32.2. The summed E-state index contributed by atoms with van der Waals surface area (Å²) in [6.45, 7) is 9.21. The van der Waals surface area contributed by atoms with Gasteiger partial charge in [-0.2, -0.15) is 11.8 Å². The van der Waals surface area contributed by atoms with Crippen molar-refractivity contribution in [1.29, 1.82) is 0 Å². The van der Waals surface area contributed by atoms with E-state index >= 15 is 0 Å². The first kappa shape index (κ1) is 11.2. The summed E-state index contributed by atoms with van der Waals surface area (Å²) in [7, 11) is 0. The monoisotopic (exact) mass is 187 g/mol. The average Bonchev–Trinajstić information content (AvgIpc) is 2.11. The summed E-state index contributed by atoms with van der Waals surface area (Å²) in [6, 6.07) is 0. The zero-order valence-electron chi connectivity index (χ0n) is 7.10. The van der Waals surface area contributed by atoms with Crippen LogP contribution in [-0.4, -0.2) is 17.1 Å². The summed E-state index contributed by atoms with van der Waals surface area (Å²) in [6.07, 6.45) is 2.91. The summed E-state index contributed by atoms with van der Waals surface area (Å²) in [5, 5.41) is 2.42. The predicted molar refractivity (Wildman–Crippen MR) is 53.0 cm³/mol. The van der Waals surface area contributed by atoms with Crippen LogP contribution in [0, 0.1) is 4.91 Å². The summed E-state index contributed by atoms with van der Waals surface area (Å²) < 4.78 is 0. The van der Waals surface area contributed by atoms with Crippen molar-refractivity contribution in [2.75, 3.05) is 5.75 Å². The Morgan fingerprint density at radius 2 is 2.25 bits per heavy atom. The van der Waals surface area contributed by atoms with Gasteiger partial charge in [-0.15, -0.1) is 11.5 Å². The Morgan fingerprint density at radius 1 is 1.58 bits per heavy atom. The molecule has 0 aliphatic carbocycles. The largest absolute Gasteiger partial charge is 0.355 e. The van der Waals surface area contributed by atoms with Crippen LogP contribution < -0.4 is 0 Å². The molecule has 0 saturated carbocycles. The molecule has 0 fully saturated rings. The van der Waals surface area contributed by atoms with Crippen molar-refractivity contribution in [2.24, 2.45) is 5.34 Å². The normalized spacial score (nSPS) is 14.4. The number of hydrogen-bond acceptors (Lipinski definition) is 4. The lowest BCUT2D eigenvalue weighted by Gasteiger charge is -2.16. The first-order chi connectivity index (χ1) is 5.79. The Kier molecular flexibility index (Phi) is 6.47. The molecule has 0 aromatic heterocycles. The third-order valence-corrected chi connectivity index (χ3v) is 2.49. The van der Waals surface area contributed by atoms with Gasteiger partial charge in [0.1, 0.15) is 0 Å². The molecule has 0 aromatic rings. The summed E-state index contributed by atoms with van der Waals surface area (Å²) in [5.41, 5.74) is 0. The molecule has 0 aliphatic heterocycles. The lowest BCUT2D eigenvalue weighted by Crippen LogP contribution is -2.20. The lowest BCUT2D eigenvalue weighted by molar-refractivity contribution is 0.0942. The van der Waals surface area contributed by atoms with Crippen LogP contribution in [0.4, 0.5) is 0 Å². The molecule has 0 heterocycles. The van der Waals surface area contributed by atoms with E-state index in [4.69, 9.17) is 0 Å². The van der Waals surface area contributed by atoms with E-state index in [0.29, 0.717) is 0 Å². The van der Waals surface area contributed by atoms with E-state index in [0.717, 1.165) is 5.75 Å². The molecule has 0 saturated heterocycles. The molecule has 0 amide bonds. The zero-order valence-corrected chi connectivity index (χ0v) is 7.92. The molecule has 0 rings (SSSR count). The molecular formula is C8H13NO2S. The fourth-order valence-corrected chi connectivity index (χ4v) is 1.65. The van der Waals surface area contributed by atoms with Crippen molar-refractivity contribution in [3.05, 3.63) is 30.2 Å². The molecular weight excluding hydrogens is 174 g/mol. The minimum absolute atomic E-state index is 0.0465. The van der Waals surface area contributed by atoms with E-state index in [1.54, 1.807) is 23.9 Å². The SMILES string of the molecule is C=CC(ON=O)C(C=C)SCC. The number of rotatable bonds is 7. The number of nitrogens with zero attached hydrogens (tertiary/aromatic N) is 1. The second kappa shape index (κ2) is 6.91. The number of hydrogen-bond donors (Lipinski definition) is 0. The second-order valence-corrected chi connectivity index (χ2v) is 3.49. The van der Waals surface area contributed by atoms with Gasteiger partial charge < -0.3 is 4.84 Å². The van der Waals surface area contributed by atoms with Crippen LogP contribution in [0.3, 0.4) is 0 Å². The predicted octanol–water partition coefficient (Wildman–Crippen LogP) is 2.55. The van der Waals surface area contributed by atoms with Crippen LogP contribution in [0.15, 0.2) is 30.7 Å². The zero-order chi connectivity index (χ0) is 9.40. The Balaban J connectivity index is 4.10. The van der Waals surface area contributed by atoms with Crippen molar-refractivity contribution in [3.8, 4) is 0 Å². The van der Waals surface area contributed by atoms with Crippen LogP contribution in [0.5, 0.6) is 0 Å². The van der Waals surface area contributed by atoms with Crippen LogP contribution in [-0.2, 0) is 4.84 Å². The molecule has 4 heteroatoms. The van der Waals surface area contributed by atoms with Gasteiger partial charge in [0.25, 0.3) is 0 Å². The maximum Gasteiger partial charge on any atom is 0.164 e. The summed E-state index contributed by atoms with van der Waals surface area (Å²) in [4.78, 5) is 14.4. The molecule has 2 unspecified atom stereocenters. The van der Waals surface area contributed by atoms with Crippen LogP contribution in [0.2, 0.25) is 0 Å². The molecule has 2 atom stereocenters. The van der Waals surface area contributed by atoms with Gasteiger partial charge in [-0.25, -0.2) is 0 Å². The minimum Gasteiger partial charge on any atom is -0.355 e. The van der Waals surface area contributed by atoms with Crippen LogP contribution >= 0.6 is 11.8 Å². The van der Waals surface area contributed by atoms with Crippen molar-refractivity contribution in [1.82, 2.24) is 0 Å². The van der Waals surface area contributed by atoms with Crippen molar-refractivity contribution in [2.45, 2.75) is 18.3 Å². The van der Waals surface area contributed by atoms with E-state index in [2.05, 4.69) is 23.3 Å². The summed E-state index contributed by atoms with van der Waals surface area (Å²) in [5.74, 6) is 0.934. The quantitative estimate of drug-likeness (QED) is 0.349. The topological polar surface area (TPSA) is 38.7 Å². The lowest BCUT2D eigenvalue weighted by atomic mass is 10.2. The first-order valence-corrected chi connectivity index (χ1v) is 4.70. The molecule has 0 spiro atoms. The molecule has 0 N–H and O–H groups in total. The molecule has 68 valence electrons. The van der Waals surface area contributed by atoms with E-state index in [1.807, 2.05) is 6.92 Å². The molecule has 0 bridgehead atoms. The Bertz CT molecular complexity index is 161. The Morgan fingerprint density at radius 3 is 2.58 bits per heavy atom. The van der Waals surface area contributed by atoms with Crippen molar-refractivity contribution < 1.29 is 4.84 Å². The van der Waals surface area contributed by atoms with E-state index in [1.165, 1.54) is 0 Å². The van der Waals surface area contributed by atoms with Crippen LogP contribution in [0.1, 0.15) is 6.92 Å².